The van der Waals surface area contributed by atoms with Crippen LogP contribution in [0.15, 0.2) is 35.6 Å². The molecule has 0 radical (unpaired) electrons. The first-order valence-electron chi connectivity index (χ1n) is 8.02. The third-order valence-corrected chi connectivity index (χ3v) is 5.04. The van der Waals surface area contributed by atoms with Gasteiger partial charge in [0.05, 0.1) is 19.0 Å². The fourth-order valence-corrected chi connectivity index (χ4v) is 4.07. The van der Waals surface area contributed by atoms with Gasteiger partial charge in [-0.05, 0) is 54.4 Å². The highest BCUT2D eigenvalue weighted by Gasteiger charge is 2.42. The molecule has 1 N–H and O–H groups in total. The van der Waals surface area contributed by atoms with Crippen molar-refractivity contribution in [2.45, 2.75) is 31.1 Å². The minimum atomic E-state index is -0.772. The fraction of sp³-hybridized carbons (Fsp3) is 0.333. The number of carbonyl (C=O) groups is 1. The van der Waals surface area contributed by atoms with Gasteiger partial charge in [-0.1, -0.05) is 6.07 Å². The molecule has 2 atom stereocenters. The average molecular weight is 323 g/mol. The van der Waals surface area contributed by atoms with Gasteiger partial charge in [0.25, 0.3) is 0 Å². The molecule has 2 aromatic rings. The van der Waals surface area contributed by atoms with Gasteiger partial charge in [0.15, 0.2) is 0 Å². The van der Waals surface area contributed by atoms with Crippen LogP contribution < -0.4 is 10.1 Å². The topological polar surface area (TPSA) is 80.7 Å². The minimum Gasteiger partial charge on any atom is -0.497 e. The number of rotatable bonds is 4. The second-order valence-corrected chi connectivity index (χ2v) is 6.31. The van der Waals surface area contributed by atoms with E-state index in [1.807, 2.05) is 24.3 Å². The van der Waals surface area contributed by atoms with Gasteiger partial charge in [-0.3, -0.25) is 4.79 Å². The lowest BCUT2D eigenvalue weighted by atomic mass is 9.89. The predicted molar refractivity (Wildman–Crippen MR) is 90.0 cm³/mol. The van der Waals surface area contributed by atoms with Crippen LogP contribution in [0.3, 0.4) is 0 Å². The van der Waals surface area contributed by atoms with Gasteiger partial charge < -0.3 is 10.1 Å². The Morgan fingerprint density at radius 2 is 2.08 bits per heavy atom. The van der Waals surface area contributed by atoms with E-state index < -0.39 is 5.91 Å². The Bertz CT molecular complexity index is 834. The summed E-state index contributed by atoms with van der Waals surface area (Å²) in [6.07, 6.45) is 4.81. The number of methoxy groups -OCH3 is 1. The molecule has 6 nitrogen and oxygen atoms in total. The van der Waals surface area contributed by atoms with Gasteiger partial charge in [0, 0.05) is 16.9 Å². The van der Waals surface area contributed by atoms with Crippen LogP contribution in [0.5, 0.6) is 5.75 Å². The minimum absolute atomic E-state index is 0.225. The third kappa shape index (κ3) is 2.26. The molecule has 1 heterocycles. The van der Waals surface area contributed by atoms with Crippen LogP contribution in [0.25, 0.3) is 0 Å². The lowest BCUT2D eigenvalue weighted by Crippen LogP contribution is -2.11. The summed E-state index contributed by atoms with van der Waals surface area (Å²) in [6, 6.07) is 7.66. The smallest absolute Gasteiger partial charge is 0.335 e. The number of nitroso groups, excluding NO2 is 1. The number of amides is 1. The molecular weight excluding hydrogens is 306 g/mol. The Hall–Kier alpha value is -2.76. The van der Waals surface area contributed by atoms with Crippen LogP contribution >= 0.6 is 0 Å². The van der Waals surface area contributed by atoms with E-state index >= 15 is 0 Å². The molecule has 1 amide bonds. The van der Waals surface area contributed by atoms with Crippen molar-refractivity contribution in [3.05, 3.63) is 52.2 Å². The first-order valence-corrected chi connectivity index (χ1v) is 8.02. The molecular formula is C18H17N3O3. The van der Waals surface area contributed by atoms with Crippen molar-refractivity contribution in [3.8, 4) is 5.75 Å². The molecule has 4 rings (SSSR count). The van der Waals surface area contributed by atoms with E-state index in [2.05, 4.69) is 15.5 Å². The maximum absolute atomic E-state index is 11.8. The highest BCUT2D eigenvalue weighted by atomic mass is 16.5. The van der Waals surface area contributed by atoms with Gasteiger partial charge >= 0.3 is 5.91 Å². The number of nitrogens with one attached hydrogen (secondary N) is 1. The molecule has 2 unspecified atom stereocenters. The van der Waals surface area contributed by atoms with Crippen molar-refractivity contribution in [1.82, 2.24) is 4.98 Å². The molecule has 24 heavy (non-hydrogen) atoms. The Labute approximate surface area is 139 Å². The Morgan fingerprint density at radius 3 is 2.83 bits per heavy atom. The summed E-state index contributed by atoms with van der Waals surface area (Å²) in [5.74, 6) is 0.722. The van der Waals surface area contributed by atoms with E-state index in [0.717, 1.165) is 47.5 Å². The first kappa shape index (κ1) is 14.8. The standard InChI is InChI=1S/C18H17N3O3/c1-24-13-4-2-3-12(8-13)20-14-9-19-17(18(22)21-23)16-11-6-5-10(7-11)15(14)16/h2-4,8-11,20H,5-7H2,1H3. The summed E-state index contributed by atoms with van der Waals surface area (Å²) < 4.78 is 5.25. The molecule has 1 aromatic carbocycles. The third-order valence-electron chi connectivity index (χ3n) is 5.04. The van der Waals surface area contributed by atoms with Crippen molar-refractivity contribution in [2.24, 2.45) is 5.18 Å². The molecule has 6 heteroatoms. The normalized spacial score (nSPS) is 20.5. The molecule has 0 aliphatic heterocycles. The molecule has 0 saturated heterocycles. The number of ether oxygens (including phenoxy) is 1. The van der Waals surface area contributed by atoms with Gasteiger partial charge in [0.2, 0.25) is 0 Å². The van der Waals surface area contributed by atoms with Crippen molar-refractivity contribution in [1.29, 1.82) is 0 Å². The molecule has 0 spiro atoms. The summed E-state index contributed by atoms with van der Waals surface area (Å²) in [6.45, 7) is 0. The van der Waals surface area contributed by atoms with Crippen LogP contribution in [-0.2, 0) is 0 Å². The second kappa shape index (κ2) is 5.70. The van der Waals surface area contributed by atoms with Crippen molar-refractivity contribution in [3.63, 3.8) is 0 Å². The van der Waals surface area contributed by atoms with Gasteiger partial charge in [-0.15, -0.1) is 4.91 Å². The lowest BCUT2D eigenvalue weighted by molar-refractivity contribution is 0.0994. The van der Waals surface area contributed by atoms with E-state index in [1.165, 1.54) is 0 Å². The van der Waals surface area contributed by atoms with Crippen LogP contribution in [0, 0.1) is 4.91 Å². The molecule has 1 aromatic heterocycles. The van der Waals surface area contributed by atoms with Crippen LogP contribution in [0.1, 0.15) is 52.7 Å². The molecule has 122 valence electrons. The Morgan fingerprint density at radius 1 is 1.29 bits per heavy atom. The predicted octanol–water partition coefficient (Wildman–Crippen LogP) is 4.11. The van der Waals surface area contributed by atoms with E-state index in [1.54, 1.807) is 13.3 Å². The zero-order valence-corrected chi connectivity index (χ0v) is 13.3. The number of nitrogens with zero attached hydrogens (tertiary/aromatic N) is 2. The van der Waals surface area contributed by atoms with E-state index in [-0.39, 0.29) is 5.69 Å². The van der Waals surface area contributed by atoms with Crippen LogP contribution in [-0.4, -0.2) is 18.0 Å². The number of carbonyl (C=O) groups excluding carboxylic acids is 1. The maximum Gasteiger partial charge on any atom is 0.335 e. The molecule has 2 aliphatic rings. The molecule has 2 bridgehead atoms. The lowest BCUT2D eigenvalue weighted by Gasteiger charge is -2.21. The largest absolute Gasteiger partial charge is 0.497 e. The average Bonchev–Trinajstić information content (AvgIpc) is 3.24. The highest BCUT2D eigenvalue weighted by molar-refractivity contribution is 5.96. The zero-order valence-electron chi connectivity index (χ0n) is 13.3. The van der Waals surface area contributed by atoms with Crippen molar-refractivity contribution >= 4 is 17.3 Å². The summed E-state index contributed by atoms with van der Waals surface area (Å²) in [4.78, 5) is 26.8. The van der Waals surface area contributed by atoms with Gasteiger partial charge in [-0.2, -0.15) is 0 Å². The maximum atomic E-state index is 11.8. The summed E-state index contributed by atoms with van der Waals surface area (Å²) in [5.41, 5.74) is 4.06. The second-order valence-electron chi connectivity index (χ2n) is 6.31. The summed E-state index contributed by atoms with van der Waals surface area (Å²) in [7, 11) is 1.63. The number of anilines is 2. The van der Waals surface area contributed by atoms with Crippen LogP contribution in [0.2, 0.25) is 0 Å². The van der Waals surface area contributed by atoms with E-state index in [4.69, 9.17) is 4.74 Å². The number of hydrogen-bond donors (Lipinski definition) is 1. The fourth-order valence-electron chi connectivity index (χ4n) is 4.07. The summed E-state index contributed by atoms with van der Waals surface area (Å²) >= 11 is 0. The number of aromatic nitrogens is 1. The zero-order chi connectivity index (χ0) is 16.7. The number of fused-ring (bicyclic) bond motifs is 5. The first-order chi connectivity index (χ1) is 11.7. The van der Waals surface area contributed by atoms with E-state index in [9.17, 15) is 9.70 Å². The van der Waals surface area contributed by atoms with Crippen LogP contribution in [0.4, 0.5) is 11.4 Å². The molecule has 2 aliphatic carbocycles. The number of pyridine rings is 1. The number of benzene rings is 1. The molecule has 1 fully saturated rings. The SMILES string of the molecule is COc1cccc(Nc2cnc(C(=O)N=O)c3c2C2CCC3C2)c1. The van der Waals surface area contributed by atoms with Crippen molar-refractivity contribution < 1.29 is 9.53 Å². The summed E-state index contributed by atoms with van der Waals surface area (Å²) in [5, 5.41) is 5.95. The monoisotopic (exact) mass is 323 g/mol. The highest BCUT2D eigenvalue weighted by Crippen LogP contribution is 2.56. The Balaban J connectivity index is 1.77. The number of hydrogen-bond acceptors (Lipinski definition) is 5. The van der Waals surface area contributed by atoms with E-state index in [0.29, 0.717) is 11.8 Å². The van der Waals surface area contributed by atoms with Crippen molar-refractivity contribution in [2.75, 3.05) is 12.4 Å². The molecule has 1 saturated carbocycles. The van der Waals surface area contributed by atoms with Gasteiger partial charge in [-0.25, -0.2) is 4.98 Å². The quantitative estimate of drug-likeness (QED) is 0.857. The van der Waals surface area contributed by atoms with Gasteiger partial charge in [0.1, 0.15) is 11.4 Å². The Kier molecular flexibility index (Phi) is 3.52.